The van der Waals surface area contributed by atoms with Gasteiger partial charge in [0.1, 0.15) is 11.8 Å². The molecule has 0 aliphatic heterocycles. The summed E-state index contributed by atoms with van der Waals surface area (Å²) in [5.74, 6) is -0.657. The highest BCUT2D eigenvalue weighted by Crippen LogP contribution is 2.18. The van der Waals surface area contributed by atoms with Crippen LogP contribution >= 0.6 is 0 Å². The lowest BCUT2D eigenvalue weighted by Gasteiger charge is -2.23. The van der Waals surface area contributed by atoms with Crippen LogP contribution in [0, 0.1) is 6.92 Å². The number of carbonyl (C=O) groups excluding carboxylic acids is 2. The average molecular weight is 278 g/mol. The molecule has 0 radical (unpaired) electrons. The Morgan fingerprint density at radius 2 is 1.90 bits per heavy atom. The Morgan fingerprint density at radius 3 is 2.40 bits per heavy atom. The molecule has 110 valence electrons. The highest BCUT2D eigenvalue weighted by Gasteiger charge is 2.21. The fourth-order valence-corrected chi connectivity index (χ4v) is 1.98. The number of hydrogen-bond donors (Lipinski definition) is 2. The molecule has 1 aromatic rings. The summed E-state index contributed by atoms with van der Waals surface area (Å²) in [6, 6.07) is 4.19. The van der Waals surface area contributed by atoms with E-state index in [0.717, 1.165) is 5.56 Å². The van der Waals surface area contributed by atoms with Crippen LogP contribution < -0.4 is 5.32 Å². The maximum atomic E-state index is 12.1. The number of phenolic OH excluding ortho intramolecular Hbond substituents is 1. The van der Waals surface area contributed by atoms with Crippen LogP contribution in [0.3, 0.4) is 0 Å². The Labute approximate surface area is 119 Å². The fraction of sp³-hybridized carbons (Fsp3) is 0.467. The van der Waals surface area contributed by atoms with Crippen LogP contribution in [-0.4, -0.2) is 41.0 Å². The van der Waals surface area contributed by atoms with Crippen molar-refractivity contribution in [2.75, 3.05) is 13.1 Å². The Morgan fingerprint density at radius 1 is 1.30 bits per heavy atom. The summed E-state index contributed by atoms with van der Waals surface area (Å²) < 4.78 is 0. The molecule has 1 rings (SSSR count). The number of nitrogens with one attached hydrogen (secondary N) is 1. The standard InChI is InChI=1S/C15H22N2O3/c1-5-17(6-2)15(20)11(4)16-14(19)12-8-7-10(3)9-13(12)18/h7-9,11,18H,5-6H2,1-4H3,(H,16,19). The molecule has 1 aromatic carbocycles. The number of amides is 2. The van der Waals surface area contributed by atoms with Crippen LogP contribution in [0.2, 0.25) is 0 Å². The van der Waals surface area contributed by atoms with Gasteiger partial charge in [-0.15, -0.1) is 0 Å². The van der Waals surface area contributed by atoms with Gasteiger partial charge >= 0.3 is 0 Å². The first kappa shape index (κ1) is 16.0. The van der Waals surface area contributed by atoms with E-state index in [4.69, 9.17) is 0 Å². The zero-order valence-corrected chi connectivity index (χ0v) is 12.4. The van der Waals surface area contributed by atoms with Crippen LogP contribution in [0.25, 0.3) is 0 Å². The molecular weight excluding hydrogens is 256 g/mol. The van der Waals surface area contributed by atoms with Gasteiger partial charge in [0.05, 0.1) is 5.56 Å². The zero-order chi connectivity index (χ0) is 15.3. The Bertz CT molecular complexity index is 496. The second-order valence-corrected chi connectivity index (χ2v) is 4.73. The molecule has 5 heteroatoms. The molecule has 1 unspecified atom stereocenters. The van der Waals surface area contributed by atoms with E-state index in [2.05, 4.69) is 5.32 Å². The van der Waals surface area contributed by atoms with Gasteiger partial charge in [-0.25, -0.2) is 0 Å². The molecule has 20 heavy (non-hydrogen) atoms. The summed E-state index contributed by atoms with van der Waals surface area (Å²) in [4.78, 5) is 25.8. The fourth-order valence-electron chi connectivity index (χ4n) is 1.98. The summed E-state index contributed by atoms with van der Waals surface area (Å²) >= 11 is 0. The summed E-state index contributed by atoms with van der Waals surface area (Å²) in [7, 11) is 0. The smallest absolute Gasteiger partial charge is 0.255 e. The van der Waals surface area contributed by atoms with Gasteiger partial charge in [-0.1, -0.05) is 6.07 Å². The van der Waals surface area contributed by atoms with E-state index in [-0.39, 0.29) is 17.2 Å². The lowest BCUT2D eigenvalue weighted by Crippen LogP contribution is -2.46. The maximum Gasteiger partial charge on any atom is 0.255 e. The van der Waals surface area contributed by atoms with Crippen molar-refractivity contribution in [1.82, 2.24) is 10.2 Å². The predicted molar refractivity (Wildman–Crippen MR) is 77.7 cm³/mol. The summed E-state index contributed by atoms with van der Waals surface area (Å²) in [5, 5.41) is 12.4. The lowest BCUT2D eigenvalue weighted by molar-refractivity contribution is -0.132. The van der Waals surface area contributed by atoms with Crippen LogP contribution in [0.1, 0.15) is 36.7 Å². The van der Waals surface area contributed by atoms with E-state index in [1.807, 2.05) is 20.8 Å². The topological polar surface area (TPSA) is 69.6 Å². The average Bonchev–Trinajstić information content (AvgIpc) is 2.39. The Kier molecular flexibility index (Phi) is 5.55. The van der Waals surface area contributed by atoms with E-state index in [1.54, 1.807) is 24.0 Å². The van der Waals surface area contributed by atoms with Crippen molar-refractivity contribution in [3.63, 3.8) is 0 Å². The number of phenols is 1. The minimum absolute atomic E-state index is 0.0787. The first-order valence-corrected chi connectivity index (χ1v) is 6.79. The van der Waals surface area contributed by atoms with Crippen molar-refractivity contribution < 1.29 is 14.7 Å². The van der Waals surface area contributed by atoms with E-state index in [0.29, 0.717) is 13.1 Å². The number of rotatable bonds is 5. The summed E-state index contributed by atoms with van der Waals surface area (Å²) in [6.45, 7) is 8.46. The second-order valence-electron chi connectivity index (χ2n) is 4.73. The van der Waals surface area contributed by atoms with E-state index in [9.17, 15) is 14.7 Å². The number of carbonyl (C=O) groups is 2. The molecule has 0 aliphatic carbocycles. The van der Waals surface area contributed by atoms with Gasteiger partial charge in [0.2, 0.25) is 5.91 Å². The van der Waals surface area contributed by atoms with Crippen molar-refractivity contribution in [2.45, 2.75) is 33.7 Å². The molecule has 0 saturated carbocycles. The third-order valence-electron chi connectivity index (χ3n) is 3.19. The number of aryl methyl sites for hydroxylation is 1. The van der Waals surface area contributed by atoms with Gasteiger partial charge in [-0.2, -0.15) is 0 Å². The maximum absolute atomic E-state index is 12.1. The van der Waals surface area contributed by atoms with Crippen LogP contribution in [0.15, 0.2) is 18.2 Å². The molecule has 0 aromatic heterocycles. The Hall–Kier alpha value is -2.04. The molecule has 2 amide bonds. The second kappa shape index (κ2) is 6.93. The normalized spacial score (nSPS) is 11.8. The highest BCUT2D eigenvalue weighted by atomic mass is 16.3. The molecule has 1 atom stereocenters. The van der Waals surface area contributed by atoms with Crippen molar-refractivity contribution in [1.29, 1.82) is 0 Å². The van der Waals surface area contributed by atoms with Crippen molar-refractivity contribution in [3.05, 3.63) is 29.3 Å². The molecule has 0 spiro atoms. The number of hydrogen-bond acceptors (Lipinski definition) is 3. The molecule has 0 saturated heterocycles. The Balaban J connectivity index is 2.77. The third-order valence-corrected chi connectivity index (χ3v) is 3.19. The molecule has 0 heterocycles. The van der Waals surface area contributed by atoms with Crippen molar-refractivity contribution in [2.24, 2.45) is 0 Å². The van der Waals surface area contributed by atoms with Gasteiger partial charge in [0.25, 0.3) is 5.91 Å². The third kappa shape index (κ3) is 3.73. The zero-order valence-electron chi connectivity index (χ0n) is 12.4. The first-order valence-electron chi connectivity index (χ1n) is 6.79. The number of nitrogens with zero attached hydrogens (tertiary/aromatic N) is 1. The summed E-state index contributed by atoms with van der Waals surface area (Å²) in [5.41, 5.74) is 1.04. The minimum Gasteiger partial charge on any atom is -0.507 e. The number of benzene rings is 1. The quantitative estimate of drug-likeness (QED) is 0.861. The predicted octanol–water partition coefficient (Wildman–Crippen LogP) is 1.69. The molecule has 5 nitrogen and oxygen atoms in total. The summed E-state index contributed by atoms with van der Waals surface area (Å²) in [6.07, 6.45) is 0. The van der Waals surface area contributed by atoms with Crippen LogP contribution in [-0.2, 0) is 4.79 Å². The minimum atomic E-state index is -0.622. The van der Waals surface area contributed by atoms with Crippen molar-refractivity contribution >= 4 is 11.8 Å². The van der Waals surface area contributed by atoms with E-state index < -0.39 is 11.9 Å². The lowest BCUT2D eigenvalue weighted by atomic mass is 10.1. The van der Waals surface area contributed by atoms with Gasteiger partial charge in [-0.05, 0) is 45.4 Å². The van der Waals surface area contributed by atoms with Gasteiger partial charge in [0.15, 0.2) is 0 Å². The van der Waals surface area contributed by atoms with E-state index in [1.165, 1.54) is 6.07 Å². The van der Waals surface area contributed by atoms with Crippen molar-refractivity contribution in [3.8, 4) is 5.75 Å². The van der Waals surface area contributed by atoms with Gasteiger partial charge in [0, 0.05) is 13.1 Å². The SMILES string of the molecule is CCN(CC)C(=O)C(C)NC(=O)c1ccc(C)cc1O. The monoisotopic (exact) mass is 278 g/mol. The van der Waals surface area contributed by atoms with Gasteiger partial charge in [-0.3, -0.25) is 9.59 Å². The molecule has 2 N–H and O–H groups in total. The first-order chi connectivity index (χ1) is 9.40. The van der Waals surface area contributed by atoms with E-state index >= 15 is 0 Å². The van der Waals surface area contributed by atoms with Crippen LogP contribution in [0.4, 0.5) is 0 Å². The number of likely N-dealkylation sites (N-methyl/N-ethyl adjacent to an activating group) is 1. The molecule has 0 fully saturated rings. The molecule has 0 aliphatic rings. The number of aromatic hydroxyl groups is 1. The highest BCUT2D eigenvalue weighted by molar-refractivity contribution is 5.99. The van der Waals surface area contributed by atoms with Crippen LogP contribution in [0.5, 0.6) is 5.75 Å². The largest absolute Gasteiger partial charge is 0.507 e. The van der Waals surface area contributed by atoms with Gasteiger partial charge < -0.3 is 15.3 Å². The molecular formula is C15H22N2O3. The molecule has 0 bridgehead atoms.